The van der Waals surface area contributed by atoms with E-state index in [2.05, 4.69) is 0 Å². The predicted molar refractivity (Wildman–Crippen MR) is 50.8 cm³/mol. The summed E-state index contributed by atoms with van der Waals surface area (Å²) in [5.41, 5.74) is 0.0810. The summed E-state index contributed by atoms with van der Waals surface area (Å²) in [7, 11) is -4.00. The number of nitrogens with one attached hydrogen (secondary N) is 1. The molecular formula is C6H16KNO3S. The summed E-state index contributed by atoms with van der Waals surface area (Å²) in [5.74, 6) is 0. The fraction of sp³-hybridized carbons (Fsp3) is 1.00. The number of rotatable bonds is 3. The maximum atomic E-state index is 10.2. The van der Waals surface area contributed by atoms with E-state index >= 15 is 0 Å². The molecule has 0 unspecified atom stereocenters. The summed E-state index contributed by atoms with van der Waals surface area (Å²) >= 11 is 0. The molecule has 2 N–H and O–H groups in total. The van der Waals surface area contributed by atoms with Crippen LogP contribution in [-0.2, 0) is 10.3 Å². The zero-order valence-electron chi connectivity index (χ0n) is 7.09. The van der Waals surface area contributed by atoms with Crippen molar-refractivity contribution in [3.8, 4) is 0 Å². The summed E-state index contributed by atoms with van der Waals surface area (Å²) in [4.78, 5) is 0. The van der Waals surface area contributed by atoms with Crippen molar-refractivity contribution in [3.63, 3.8) is 0 Å². The van der Waals surface area contributed by atoms with Gasteiger partial charge in [-0.1, -0.05) is 20.8 Å². The van der Waals surface area contributed by atoms with Crippen LogP contribution in [0.15, 0.2) is 0 Å². The number of hydrogen-bond donors (Lipinski definition) is 2. The van der Waals surface area contributed by atoms with Gasteiger partial charge in [-0.2, -0.15) is 13.1 Å². The van der Waals surface area contributed by atoms with Gasteiger partial charge in [0.2, 0.25) is 0 Å². The summed E-state index contributed by atoms with van der Waals surface area (Å²) in [6, 6.07) is 0. The van der Waals surface area contributed by atoms with Crippen molar-refractivity contribution in [2.45, 2.75) is 27.2 Å². The van der Waals surface area contributed by atoms with Gasteiger partial charge >= 0.3 is 61.7 Å². The maximum absolute atomic E-state index is 10.2. The van der Waals surface area contributed by atoms with Crippen molar-refractivity contribution in [1.82, 2.24) is 4.72 Å². The molecule has 0 aliphatic carbocycles. The molecule has 0 aromatic heterocycles. The van der Waals surface area contributed by atoms with Gasteiger partial charge in [0.1, 0.15) is 0 Å². The molecule has 12 heavy (non-hydrogen) atoms. The fourth-order valence-electron chi connectivity index (χ4n) is 0.555. The first-order valence-corrected chi connectivity index (χ1v) is 4.87. The van der Waals surface area contributed by atoms with Gasteiger partial charge in [-0.05, 0) is 11.8 Å². The van der Waals surface area contributed by atoms with Crippen LogP contribution in [0.2, 0.25) is 0 Å². The van der Waals surface area contributed by atoms with Crippen LogP contribution in [0.4, 0.5) is 0 Å². The van der Waals surface area contributed by atoms with E-state index < -0.39 is 10.3 Å². The van der Waals surface area contributed by atoms with Crippen molar-refractivity contribution in [2.75, 3.05) is 6.54 Å². The molecule has 0 amide bonds. The Morgan fingerprint density at radius 2 is 1.75 bits per heavy atom. The minimum absolute atomic E-state index is 0. The van der Waals surface area contributed by atoms with Gasteiger partial charge in [0.25, 0.3) is 0 Å². The molecule has 0 saturated carbocycles. The Balaban J connectivity index is 0. The third kappa shape index (κ3) is 14.1. The molecule has 0 spiro atoms. The first-order valence-electron chi connectivity index (χ1n) is 3.43. The molecule has 6 heteroatoms. The molecule has 0 heterocycles. The normalized spacial score (nSPS) is 12.3. The van der Waals surface area contributed by atoms with Crippen molar-refractivity contribution in [3.05, 3.63) is 0 Å². The van der Waals surface area contributed by atoms with Crippen LogP contribution in [0.25, 0.3) is 0 Å². The van der Waals surface area contributed by atoms with E-state index in [9.17, 15) is 8.42 Å². The van der Waals surface area contributed by atoms with E-state index in [1.807, 2.05) is 25.5 Å². The molecule has 0 aromatic carbocycles. The molecule has 0 bridgehead atoms. The molecule has 0 aromatic rings. The Hall–Kier alpha value is 1.51. The molecule has 70 valence electrons. The van der Waals surface area contributed by atoms with Gasteiger partial charge < -0.3 is 0 Å². The van der Waals surface area contributed by atoms with E-state index in [-0.39, 0.29) is 63.3 Å². The molecule has 0 saturated heterocycles. The molecule has 0 aliphatic heterocycles. The van der Waals surface area contributed by atoms with Gasteiger partial charge in [-0.25, -0.2) is 0 Å². The van der Waals surface area contributed by atoms with Gasteiger partial charge in [-0.15, -0.1) is 0 Å². The quantitative estimate of drug-likeness (QED) is 0.527. The Morgan fingerprint density at radius 1 is 1.33 bits per heavy atom. The molecule has 0 aliphatic rings. The monoisotopic (exact) mass is 221 g/mol. The van der Waals surface area contributed by atoms with Crippen LogP contribution in [0.5, 0.6) is 0 Å². The first-order chi connectivity index (χ1) is 4.71. The van der Waals surface area contributed by atoms with Crippen molar-refractivity contribution >= 4 is 61.7 Å². The van der Waals surface area contributed by atoms with E-state index in [1.54, 1.807) is 0 Å². The van der Waals surface area contributed by atoms with Crippen LogP contribution in [-0.4, -0.2) is 70.9 Å². The van der Waals surface area contributed by atoms with Gasteiger partial charge in [0.15, 0.2) is 0 Å². The van der Waals surface area contributed by atoms with E-state index in [0.29, 0.717) is 6.42 Å². The van der Waals surface area contributed by atoms with E-state index in [1.165, 1.54) is 0 Å². The van der Waals surface area contributed by atoms with E-state index in [0.717, 1.165) is 0 Å². The third-order valence-electron chi connectivity index (χ3n) is 1.16. The molecule has 0 fully saturated rings. The Kier molecular flexibility index (Phi) is 8.08. The molecular weight excluding hydrogens is 205 g/mol. The van der Waals surface area contributed by atoms with Gasteiger partial charge in [-0.3, -0.25) is 4.55 Å². The van der Waals surface area contributed by atoms with Gasteiger partial charge in [0, 0.05) is 6.54 Å². The Bertz CT molecular complexity index is 207. The topological polar surface area (TPSA) is 66.4 Å². The molecule has 0 atom stereocenters. The van der Waals surface area contributed by atoms with Gasteiger partial charge in [0.05, 0.1) is 0 Å². The van der Waals surface area contributed by atoms with Crippen LogP contribution < -0.4 is 4.72 Å². The minimum atomic E-state index is -4.00. The van der Waals surface area contributed by atoms with Crippen molar-refractivity contribution < 1.29 is 13.0 Å². The zero-order chi connectivity index (χ0) is 9.12. The van der Waals surface area contributed by atoms with E-state index in [4.69, 9.17) is 4.55 Å². The number of hydrogen-bond acceptors (Lipinski definition) is 2. The summed E-state index contributed by atoms with van der Waals surface area (Å²) in [6.45, 7) is 6.28. The van der Waals surface area contributed by atoms with Crippen LogP contribution in [0.1, 0.15) is 27.2 Å². The fourth-order valence-corrected chi connectivity index (χ4v) is 0.915. The van der Waals surface area contributed by atoms with Crippen LogP contribution in [0, 0.1) is 5.41 Å². The van der Waals surface area contributed by atoms with Crippen LogP contribution >= 0.6 is 0 Å². The zero-order valence-corrected chi connectivity index (χ0v) is 7.90. The Labute approximate surface area is 117 Å². The second-order valence-corrected chi connectivity index (χ2v) is 4.92. The average molecular weight is 221 g/mol. The summed E-state index contributed by atoms with van der Waals surface area (Å²) in [5, 5.41) is 0. The standard InChI is InChI=1S/C6H15NO3S.K.H/c1-6(2,3)4-5-7-11(8,9)10;;/h7H,4-5H2,1-3H3,(H,8,9,10);;. The second-order valence-electron chi connectivity index (χ2n) is 3.68. The summed E-state index contributed by atoms with van der Waals surface area (Å²) < 4.78 is 30.6. The molecule has 0 radical (unpaired) electrons. The summed E-state index contributed by atoms with van der Waals surface area (Å²) in [6.07, 6.45) is 0.701. The second kappa shape index (κ2) is 6.08. The average Bonchev–Trinajstić information content (AvgIpc) is 1.55. The molecule has 4 nitrogen and oxygen atoms in total. The Morgan fingerprint density at radius 3 is 2.00 bits per heavy atom. The van der Waals surface area contributed by atoms with Crippen molar-refractivity contribution in [2.24, 2.45) is 5.41 Å². The van der Waals surface area contributed by atoms with Crippen molar-refractivity contribution in [1.29, 1.82) is 0 Å². The molecule has 0 rings (SSSR count). The third-order valence-corrected chi connectivity index (χ3v) is 1.73. The SMILES string of the molecule is CC(C)(C)CCNS(=O)(=O)O.[KH]. The first kappa shape index (κ1) is 16.0. The predicted octanol–water partition coefficient (Wildman–Crippen LogP) is 0.167. The van der Waals surface area contributed by atoms with Crippen LogP contribution in [0.3, 0.4) is 0 Å².